The number of rotatable bonds is 4. The highest BCUT2D eigenvalue weighted by Crippen LogP contribution is 2.39. The van der Waals surface area contributed by atoms with E-state index in [0.717, 1.165) is 43.7 Å². The molecule has 1 heterocycles. The predicted molar refractivity (Wildman–Crippen MR) is 80.1 cm³/mol. The third-order valence-electron chi connectivity index (χ3n) is 4.32. The van der Waals surface area contributed by atoms with E-state index in [1.54, 1.807) is 6.07 Å². The largest absolute Gasteiger partial charge is 0.388 e. The molecule has 0 bridgehead atoms. The molecule has 0 aliphatic heterocycles. The summed E-state index contributed by atoms with van der Waals surface area (Å²) in [6.45, 7) is 2.74. The van der Waals surface area contributed by atoms with Gasteiger partial charge in [0.15, 0.2) is 0 Å². The second-order valence-electron chi connectivity index (χ2n) is 6.49. The summed E-state index contributed by atoms with van der Waals surface area (Å²) in [4.78, 5) is 8.78. The third-order valence-corrected chi connectivity index (χ3v) is 4.51. The summed E-state index contributed by atoms with van der Waals surface area (Å²) in [5, 5.41) is 14.4. The Morgan fingerprint density at radius 1 is 1.40 bits per heavy atom. The number of nitrogens with one attached hydrogen (secondary N) is 1. The first-order chi connectivity index (χ1) is 9.54. The van der Waals surface area contributed by atoms with Crippen molar-refractivity contribution >= 4 is 17.4 Å². The molecule has 2 fully saturated rings. The summed E-state index contributed by atoms with van der Waals surface area (Å²) >= 11 is 6.05. The van der Waals surface area contributed by atoms with Crippen LogP contribution in [0.3, 0.4) is 0 Å². The fourth-order valence-corrected chi connectivity index (χ4v) is 3.29. The molecule has 2 atom stereocenters. The lowest BCUT2D eigenvalue weighted by atomic mass is 9.79. The Bertz CT molecular complexity index is 492. The van der Waals surface area contributed by atoms with Crippen LogP contribution >= 0.6 is 11.6 Å². The second kappa shape index (κ2) is 5.49. The van der Waals surface area contributed by atoms with Gasteiger partial charge in [-0.1, -0.05) is 31.4 Å². The zero-order chi connectivity index (χ0) is 14.2. The molecule has 1 aromatic heterocycles. The van der Waals surface area contributed by atoms with Crippen LogP contribution in [0, 0.1) is 5.92 Å². The Balaban J connectivity index is 1.65. The highest BCUT2D eigenvalue weighted by Gasteiger charge is 2.33. The van der Waals surface area contributed by atoms with Crippen molar-refractivity contribution in [2.24, 2.45) is 5.92 Å². The van der Waals surface area contributed by atoms with Crippen molar-refractivity contribution in [3.8, 4) is 0 Å². The molecule has 1 aromatic rings. The van der Waals surface area contributed by atoms with Crippen LogP contribution < -0.4 is 5.32 Å². The molecule has 0 aromatic carbocycles. The van der Waals surface area contributed by atoms with Crippen LogP contribution in [0.25, 0.3) is 0 Å². The number of aliphatic hydroxyl groups is 1. The van der Waals surface area contributed by atoms with E-state index in [2.05, 4.69) is 22.2 Å². The van der Waals surface area contributed by atoms with Crippen LogP contribution in [-0.4, -0.2) is 27.2 Å². The van der Waals surface area contributed by atoms with E-state index >= 15 is 0 Å². The number of halogens is 1. The summed E-state index contributed by atoms with van der Waals surface area (Å²) in [6.07, 6.45) is 6.33. The third kappa shape index (κ3) is 3.41. The van der Waals surface area contributed by atoms with Crippen molar-refractivity contribution in [1.82, 2.24) is 9.97 Å². The minimum atomic E-state index is -0.616. The van der Waals surface area contributed by atoms with Gasteiger partial charge in [-0.15, -0.1) is 0 Å². The maximum atomic E-state index is 10.6. The average molecular weight is 296 g/mol. The lowest BCUT2D eigenvalue weighted by Crippen LogP contribution is -2.41. The second-order valence-corrected chi connectivity index (χ2v) is 6.88. The number of anilines is 1. The van der Waals surface area contributed by atoms with Crippen molar-refractivity contribution in [3.05, 3.63) is 17.0 Å². The van der Waals surface area contributed by atoms with Gasteiger partial charge in [0.05, 0.1) is 5.60 Å². The number of hydrogen-bond acceptors (Lipinski definition) is 4. The molecule has 0 saturated heterocycles. The van der Waals surface area contributed by atoms with Crippen LogP contribution in [0.15, 0.2) is 6.07 Å². The summed E-state index contributed by atoms with van der Waals surface area (Å²) in [7, 11) is 0. The molecule has 2 aliphatic rings. The highest BCUT2D eigenvalue weighted by molar-refractivity contribution is 6.29. The normalized spacial score (nSPS) is 30.2. The first kappa shape index (κ1) is 14.1. The maximum absolute atomic E-state index is 10.6. The zero-order valence-electron chi connectivity index (χ0n) is 11.9. The smallest absolute Gasteiger partial charge is 0.135 e. The fraction of sp³-hybridized carbons (Fsp3) is 0.733. The topological polar surface area (TPSA) is 58.0 Å². The average Bonchev–Trinajstić information content (AvgIpc) is 3.20. The van der Waals surface area contributed by atoms with E-state index in [-0.39, 0.29) is 0 Å². The van der Waals surface area contributed by atoms with Crippen molar-refractivity contribution in [3.63, 3.8) is 0 Å². The summed E-state index contributed by atoms with van der Waals surface area (Å²) < 4.78 is 0. The molecule has 5 heteroatoms. The predicted octanol–water partition coefficient (Wildman–Crippen LogP) is 3.36. The van der Waals surface area contributed by atoms with E-state index in [9.17, 15) is 5.11 Å². The molecular weight excluding hydrogens is 274 g/mol. The van der Waals surface area contributed by atoms with E-state index in [4.69, 9.17) is 11.6 Å². The van der Waals surface area contributed by atoms with Crippen molar-refractivity contribution in [2.75, 3.05) is 11.9 Å². The quantitative estimate of drug-likeness (QED) is 0.836. The fourth-order valence-electron chi connectivity index (χ4n) is 3.10. The number of nitrogens with zero attached hydrogens (tertiary/aromatic N) is 2. The molecule has 4 nitrogen and oxygen atoms in total. The van der Waals surface area contributed by atoms with Gasteiger partial charge >= 0.3 is 0 Å². The summed E-state index contributed by atoms with van der Waals surface area (Å²) in [6, 6.07) is 1.74. The molecule has 0 spiro atoms. The molecule has 20 heavy (non-hydrogen) atoms. The number of hydrogen-bond donors (Lipinski definition) is 2. The lowest BCUT2D eigenvalue weighted by Gasteiger charge is -2.35. The minimum absolute atomic E-state index is 0.479. The standard InChI is InChI=1S/C15H22ClN3O/c1-10-3-2-6-15(20,8-10)9-17-13-7-12(16)18-14(19-13)11-4-5-11/h7,10-11,20H,2-6,8-9H2,1H3,(H,17,18,19). The van der Waals surface area contributed by atoms with E-state index in [0.29, 0.717) is 23.5 Å². The SMILES string of the molecule is CC1CCCC(O)(CNc2cc(Cl)nc(C3CC3)n2)C1. The van der Waals surface area contributed by atoms with Gasteiger partial charge in [-0.05, 0) is 31.6 Å². The van der Waals surface area contributed by atoms with Gasteiger partial charge in [0, 0.05) is 18.5 Å². The van der Waals surface area contributed by atoms with Crippen molar-refractivity contribution in [2.45, 2.75) is 57.0 Å². The first-order valence-electron chi connectivity index (χ1n) is 7.55. The summed E-state index contributed by atoms with van der Waals surface area (Å²) in [5.74, 6) is 2.64. The van der Waals surface area contributed by atoms with Gasteiger partial charge in [-0.2, -0.15) is 0 Å². The first-order valence-corrected chi connectivity index (χ1v) is 7.93. The molecule has 2 aliphatic carbocycles. The maximum Gasteiger partial charge on any atom is 0.135 e. The molecule has 3 rings (SSSR count). The van der Waals surface area contributed by atoms with Gasteiger partial charge in [0.1, 0.15) is 16.8 Å². The monoisotopic (exact) mass is 295 g/mol. The molecule has 0 radical (unpaired) electrons. The number of aromatic nitrogens is 2. The zero-order valence-corrected chi connectivity index (χ0v) is 12.7. The van der Waals surface area contributed by atoms with Crippen LogP contribution in [0.5, 0.6) is 0 Å². The Morgan fingerprint density at radius 3 is 2.90 bits per heavy atom. The molecule has 2 saturated carbocycles. The van der Waals surface area contributed by atoms with Crippen molar-refractivity contribution < 1.29 is 5.11 Å². The Labute approximate surface area is 125 Å². The minimum Gasteiger partial charge on any atom is -0.388 e. The van der Waals surface area contributed by atoms with Crippen LogP contribution in [-0.2, 0) is 0 Å². The van der Waals surface area contributed by atoms with Crippen LogP contribution in [0.2, 0.25) is 5.15 Å². The Morgan fingerprint density at radius 2 is 2.20 bits per heavy atom. The molecule has 110 valence electrons. The van der Waals surface area contributed by atoms with Crippen LogP contribution in [0.1, 0.15) is 57.2 Å². The van der Waals surface area contributed by atoms with Crippen LogP contribution in [0.4, 0.5) is 5.82 Å². The van der Waals surface area contributed by atoms with Gasteiger partial charge in [0.2, 0.25) is 0 Å². The molecule has 2 unspecified atom stereocenters. The highest BCUT2D eigenvalue weighted by atomic mass is 35.5. The van der Waals surface area contributed by atoms with Gasteiger partial charge < -0.3 is 10.4 Å². The van der Waals surface area contributed by atoms with E-state index < -0.39 is 5.60 Å². The molecular formula is C15H22ClN3O. The van der Waals surface area contributed by atoms with Gasteiger partial charge in [-0.25, -0.2) is 9.97 Å². The van der Waals surface area contributed by atoms with E-state index in [1.165, 1.54) is 6.42 Å². The van der Waals surface area contributed by atoms with Gasteiger partial charge in [0.25, 0.3) is 0 Å². The summed E-state index contributed by atoms with van der Waals surface area (Å²) in [5.41, 5.74) is -0.616. The Hall–Kier alpha value is -0.870. The van der Waals surface area contributed by atoms with E-state index in [1.807, 2.05) is 0 Å². The Kier molecular flexibility index (Phi) is 3.87. The van der Waals surface area contributed by atoms with Crippen molar-refractivity contribution in [1.29, 1.82) is 0 Å². The molecule has 0 amide bonds. The van der Waals surface area contributed by atoms with Gasteiger partial charge in [-0.3, -0.25) is 0 Å². The molecule has 2 N–H and O–H groups in total. The lowest BCUT2D eigenvalue weighted by molar-refractivity contribution is -0.000832.